The molecular weight excluding hydrogens is 236 g/mol. The summed E-state index contributed by atoms with van der Waals surface area (Å²) >= 11 is 0. The predicted molar refractivity (Wildman–Crippen MR) is 79.8 cm³/mol. The van der Waals surface area contributed by atoms with Gasteiger partial charge in [0.15, 0.2) is 0 Å². The SMILES string of the molecule is CCc1ccc(C(C)NC(=O)C(C)CCCN)cc1. The highest BCUT2D eigenvalue weighted by Crippen LogP contribution is 2.15. The fourth-order valence-corrected chi connectivity index (χ4v) is 2.04. The smallest absolute Gasteiger partial charge is 0.223 e. The molecule has 3 nitrogen and oxygen atoms in total. The van der Waals surface area contributed by atoms with Crippen molar-refractivity contribution in [3.05, 3.63) is 35.4 Å². The van der Waals surface area contributed by atoms with Crippen molar-refractivity contribution in [2.24, 2.45) is 11.7 Å². The summed E-state index contributed by atoms with van der Waals surface area (Å²) in [5.41, 5.74) is 7.93. The van der Waals surface area contributed by atoms with Crippen molar-refractivity contribution in [2.45, 2.75) is 46.1 Å². The molecule has 0 bridgehead atoms. The zero-order valence-corrected chi connectivity index (χ0v) is 12.3. The van der Waals surface area contributed by atoms with Gasteiger partial charge in [0, 0.05) is 5.92 Å². The summed E-state index contributed by atoms with van der Waals surface area (Å²) in [5, 5.41) is 3.06. The lowest BCUT2D eigenvalue weighted by molar-refractivity contribution is -0.125. The predicted octanol–water partition coefficient (Wildman–Crippen LogP) is 2.80. The van der Waals surface area contributed by atoms with Gasteiger partial charge in [-0.25, -0.2) is 0 Å². The van der Waals surface area contributed by atoms with E-state index in [2.05, 4.69) is 36.5 Å². The lowest BCUT2D eigenvalue weighted by Crippen LogP contribution is -2.31. The van der Waals surface area contributed by atoms with Gasteiger partial charge in [0.2, 0.25) is 5.91 Å². The van der Waals surface area contributed by atoms with E-state index in [0.717, 1.165) is 24.8 Å². The number of benzene rings is 1. The van der Waals surface area contributed by atoms with Crippen LogP contribution >= 0.6 is 0 Å². The maximum atomic E-state index is 12.0. The molecule has 3 N–H and O–H groups in total. The molecule has 106 valence electrons. The number of nitrogens with two attached hydrogens (primary N) is 1. The van der Waals surface area contributed by atoms with Crippen LogP contribution in [0.15, 0.2) is 24.3 Å². The van der Waals surface area contributed by atoms with Crippen LogP contribution < -0.4 is 11.1 Å². The Kier molecular flexibility index (Phi) is 6.57. The molecule has 19 heavy (non-hydrogen) atoms. The number of amides is 1. The van der Waals surface area contributed by atoms with Crippen LogP contribution in [-0.4, -0.2) is 12.5 Å². The van der Waals surface area contributed by atoms with Gasteiger partial charge in [0.05, 0.1) is 6.04 Å². The average molecular weight is 262 g/mol. The maximum Gasteiger partial charge on any atom is 0.223 e. The molecule has 2 atom stereocenters. The summed E-state index contributed by atoms with van der Waals surface area (Å²) in [6.45, 7) is 6.76. The van der Waals surface area contributed by atoms with Crippen molar-refractivity contribution in [1.82, 2.24) is 5.32 Å². The van der Waals surface area contributed by atoms with Crippen molar-refractivity contribution in [3.8, 4) is 0 Å². The fraction of sp³-hybridized carbons (Fsp3) is 0.562. The number of aryl methyl sites for hydroxylation is 1. The Morgan fingerprint density at radius 2 is 1.89 bits per heavy atom. The standard InChI is InChI=1S/C16H26N2O/c1-4-14-7-9-15(10-8-14)13(3)18-16(19)12(2)6-5-11-17/h7-10,12-13H,4-6,11,17H2,1-3H3,(H,18,19). The molecule has 0 aromatic heterocycles. The molecule has 0 aliphatic carbocycles. The summed E-state index contributed by atoms with van der Waals surface area (Å²) in [5.74, 6) is 0.140. The van der Waals surface area contributed by atoms with Crippen LogP contribution in [0.25, 0.3) is 0 Å². The second-order valence-corrected chi connectivity index (χ2v) is 5.16. The van der Waals surface area contributed by atoms with Crippen LogP contribution in [0.4, 0.5) is 0 Å². The highest BCUT2D eigenvalue weighted by atomic mass is 16.1. The highest BCUT2D eigenvalue weighted by Gasteiger charge is 2.15. The van der Waals surface area contributed by atoms with Crippen molar-refractivity contribution < 1.29 is 4.79 Å². The lowest BCUT2D eigenvalue weighted by atomic mass is 10.0. The molecule has 2 unspecified atom stereocenters. The molecule has 3 heteroatoms. The zero-order valence-electron chi connectivity index (χ0n) is 12.3. The van der Waals surface area contributed by atoms with Gasteiger partial charge in [-0.3, -0.25) is 4.79 Å². The van der Waals surface area contributed by atoms with Crippen molar-refractivity contribution >= 4 is 5.91 Å². The molecule has 0 aliphatic rings. The summed E-state index contributed by atoms with van der Waals surface area (Å²) in [6, 6.07) is 8.48. The van der Waals surface area contributed by atoms with Gasteiger partial charge in [0.25, 0.3) is 0 Å². The normalized spacial score (nSPS) is 13.9. The fourth-order valence-electron chi connectivity index (χ4n) is 2.04. The molecule has 0 saturated carbocycles. The molecule has 1 rings (SSSR count). The summed E-state index contributed by atoms with van der Waals surface area (Å²) in [4.78, 5) is 12.0. The molecule has 0 fully saturated rings. The quantitative estimate of drug-likeness (QED) is 0.794. The van der Waals surface area contributed by atoms with Gasteiger partial charge < -0.3 is 11.1 Å². The van der Waals surface area contributed by atoms with Crippen LogP contribution in [0.5, 0.6) is 0 Å². The lowest BCUT2D eigenvalue weighted by Gasteiger charge is -2.18. The molecule has 0 spiro atoms. The van der Waals surface area contributed by atoms with Crippen molar-refractivity contribution in [1.29, 1.82) is 0 Å². The Labute approximate surface area is 116 Å². The molecule has 1 aromatic carbocycles. The monoisotopic (exact) mass is 262 g/mol. The van der Waals surface area contributed by atoms with Crippen LogP contribution in [-0.2, 0) is 11.2 Å². The number of hydrogen-bond donors (Lipinski definition) is 2. The zero-order chi connectivity index (χ0) is 14.3. The summed E-state index contributed by atoms with van der Waals surface area (Å²) in [6.07, 6.45) is 2.79. The van der Waals surface area contributed by atoms with E-state index in [1.54, 1.807) is 0 Å². The van der Waals surface area contributed by atoms with E-state index in [0.29, 0.717) is 6.54 Å². The van der Waals surface area contributed by atoms with Crippen molar-refractivity contribution in [3.63, 3.8) is 0 Å². The minimum atomic E-state index is 0.0286. The Hall–Kier alpha value is -1.35. The first-order valence-electron chi connectivity index (χ1n) is 7.17. The molecular formula is C16H26N2O. The maximum absolute atomic E-state index is 12.0. The minimum absolute atomic E-state index is 0.0286. The molecule has 0 aliphatic heterocycles. The Balaban J connectivity index is 2.53. The third-order valence-electron chi connectivity index (χ3n) is 3.54. The second-order valence-electron chi connectivity index (χ2n) is 5.16. The number of rotatable bonds is 7. The van der Waals surface area contributed by atoms with E-state index in [1.165, 1.54) is 5.56 Å². The first kappa shape index (κ1) is 15.7. The second kappa shape index (κ2) is 7.95. The van der Waals surface area contributed by atoms with Crippen molar-refractivity contribution in [2.75, 3.05) is 6.54 Å². The number of carbonyl (C=O) groups is 1. The van der Waals surface area contributed by atoms with E-state index in [9.17, 15) is 4.79 Å². The largest absolute Gasteiger partial charge is 0.349 e. The third-order valence-corrected chi connectivity index (χ3v) is 3.54. The average Bonchev–Trinajstić information content (AvgIpc) is 2.44. The number of nitrogens with one attached hydrogen (secondary N) is 1. The third kappa shape index (κ3) is 5.03. The Bertz CT molecular complexity index is 386. The first-order valence-corrected chi connectivity index (χ1v) is 7.17. The molecule has 0 saturated heterocycles. The van der Waals surface area contributed by atoms with Gasteiger partial charge >= 0.3 is 0 Å². The molecule has 1 aromatic rings. The van der Waals surface area contributed by atoms with E-state index in [-0.39, 0.29) is 17.9 Å². The number of hydrogen-bond acceptors (Lipinski definition) is 2. The topological polar surface area (TPSA) is 55.1 Å². The van der Waals surface area contributed by atoms with Gasteiger partial charge in [-0.2, -0.15) is 0 Å². The highest BCUT2D eigenvalue weighted by molar-refractivity contribution is 5.78. The molecule has 0 heterocycles. The van der Waals surface area contributed by atoms with Crippen LogP contribution in [0, 0.1) is 5.92 Å². The summed E-state index contributed by atoms with van der Waals surface area (Å²) < 4.78 is 0. The molecule has 1 amide bonds. The van der Waals surface area contributed by atoms with Crippen LogP contribution in [0.2, 0.25) is 0 Å². The first-order chi connectivity index (χ1) is 9.08. The Morgan fingerprint density at radius 1 is 1.26 bits per heavy atom. The van der Waals surface area contributed by atoms with E-state index in [4.69, 9.17) is 5.73 Å². The summed E-state index contributed by atoms with van der Waals surface area (Å²) in [7, 11) is 0. The van der Waals surface area contributed by atoms with Crippen LogP contribution in [0.1, 0.15) is 50.8 Å². The van der Waals surface area contributed by atoms with Gasteiger partial charge in [-0.05, 0) is 43.9 Å². The van der Waals surface area contributed by atoms with E-state index >= 15 is 0 Å². The Morgan fingerprint density at radius 3 is 2.42 bits per heavy atom. The number of carbonyl (C=O) groups excluding carboxylic acids is 1. The van der Waals surface area contributed by atoms with Gasteiger partial charge in [0.1, 0.15) is 0 Å². The van der Waals surface area contributed by atoms with Crippen LogP contribution in [0.3, 0.4) is 0 Å². The van der Waals surface area contributed by atoms with Gasteiger partial charge in [-0.15, -0.1) is 0 Å². The van der Waals surface area contributed by atoms with E-state index < -0.39 is 0 Å². The van der Waals surface area contributed by atoms with Gasteiger partial charge in [-0.1, -0.05) is 38.1 Å². The molecule has 0 radical (unpaired) electrons. The van der Waals surface area contributed by atoms with E-state index in [1.807, 2.05) is 13.8 Å². The minimum Gasteiger partial charge on any atom is -0.349 e.